The van der Waals surface area contributed by atoms with Crippen molar-refractivity contribution in [2.75, 3.05) is 14.2 Å². The fourth-order valence-corrected chi connectivity index (χ4v) is 1.06. The second kappa shape index (κ2) is 4.36. The molecule has 1 aromatic rings. The van der Waals surface area contributed by atoms with Crippen molar-refractivity contribution in [3.05, 3.63) is 17.7 Å². The first-order valence-corrected chi connectivity index (χ1v) is 3.85. The van der Waals surface area contributed by atoms with E-state index in [1.54, 1.807) is 6.07 Å². The van der Waals surface area contributed by atoms with Gasteiger partial charge in [0.2, 0.25) is 0 Å². The number of ether oxygens (including phenoxy) is 2. The van der Waals surface area contributed by atoms with E-state index in [2.05, 4.69) is 5.16 Å². The summed E-state index contributed by atoms with van der Waals surface area (Å²) < 4.78 is 9.90. The Morgan fingerprint density at radius 2 is 2.00 bits per heavy atom. The smallest absolute Gasteiger partial charge is 0.135 e. The van der Waals surface area contributed by atoms with Gasteiger partial charge in [-0.3, -0.25) is 0 Å². The third-order valence-electron chi connectivity index (χ3n) is 1.74. The van der Waals surface area contributed by atoms with Gasteiger partial charge in [-0.2, -0.15) is 0 Å². The van der Waals surface area contributed by atoms with Crippen molar-refractivity contribution in [2.45, 2.75) is 0 Å². The van der Waals surface area contributed by atoms with Crippen molar-refractivity contribution in [2.24, 2.45) is 5.16 Å². The number of oxime groups is 1. The summed E-state index contributed by atoms with van der Waals surface area (Å²) in [6.07, 6.45) is 1.09. The van der Waals surface area contributed by atoms with Gasteiger partial charge in [-0.05, 0) is 0 Å². The van der Waals surface area contributed by atoms with E-state index in [4.69, 9.17) is 14.7 Å². The van der Waals surface area contributed by atoms with Crippen molar-refractivity contribution in [3.63, 3.8) is 0 Å². The van der Waals surface area contributed by atoms with Gasteiger partial charge in [-0.1, -0.05) is 5.16 Å². The predicted octanol–water partition coefficient (Wildman–Crippen LogP) is 1.22. The van der Waals surface area contributed by atoms with Crippen LogP contribution >= 0.6 is 0 Å². The maximum Gasteiger partial charge on any atom is 0.135 e. The normalized spacial score (nSPS) is 10.4. The van der Waals surface area contributed by atoms with Crippen molar-refractivity contribution in [1.29, 1.82) is 0 Å². The molecule has 0 radical (unpaired) electrons. The Kier molecular flexibility index (Phi) is 3.17. The Morgan fingerprint density at radius 3 is 2.50 bits per heavy atom. The molecule has 5 heteroatoms. The van der Waals surface area contributed by atoms with E-state index in [1.807, 2.05) is 0 Å². The van der Waals surface area contributed by atoms with Gasteiger partial charge in [0.15, 0.2) is 0 Å². The molecule has 0 bridgehead atoms. The summed E-state index contributed by atoms with van der Waals surface area (Å²) >= 11 is 0. The van der Waals surface area contributed by atoms with E-state index in [0.29, 0.717) is 17.1 Å². The summed E-state index contributed by atoms with van der Waals surface area (Å²) in [5.41, 5.74) is 0.302. The lowest BCUT2D eigenvalue weighted by Gasteiger charge is -2.08. The summed E-state index contributed by atoms with van der Waals surface area (Å²) in [5.74, 6) is 0.771. The molecule has 1 aromatic carbocycles. The molecule has 0 saturated carbocycles. The van der Waals surface area contributed by atoms with Crippen molar-refractivity contribution in [1.82, 2.24) is 0 Å². The van der Waals surface area contributed by atoms with Crippen molar-refractivity contribution < 1.29 is 19.8 Å². The van der Waals surface area contributed by atoms with Gasteiger partial charge < -0.3 is 19.8 Å². The molecular weight excluding hydrogens is 186 g/mol. The maximum atomic E-state index is 9.50. The van der Waals surface area contributed by atoms with Crippen LogP contribution in [0.5, 0.6) is 17.2 Å². The van der Waals surface area contributed by atoms with Crippen LogP contribution in [-0.2, 0) is 0 Å². The number of phenols is 1. The average molecular weight is 197 g/mol. The zero-order chi connectivity index (χ0) is 10.6. The number of nitrogens with zero attached hydrogens (tertiary/aromatic N) is 1. The van der Waals surface area contributed by atoms with Crippen LogP contribution < -0.4 is 9.47 Å². The van der Waals surface area contributed by atoms with E-state index in [0.717, 1.165) is 6.21 Å². The summed E-state index contributed by atoms with van der Waals surface area (Å²) in [6, 6.07) is 2.98. The van der Waals surface area contributed by atoms with E-state index < -0.39 is 0 Å². The highest BCUT2D eigenvalue weighted by Crippen LogP contribution is 2.31. The second-order valence-electron chi connectivity index (χ2n) is 2.51. The minimum Gasteiger partial charge on any atom is -0.507 e. The molecule has 76 valence electrons. The van der Waals surface area contributed by atoms with Gasteiger partial charge in [0.05, 0.1) is 26.0 Å². The fraction of sp³-hybridized carbons (Fsp3) is 0.222. The molecular formula is C9H11NO4. The topological polar surface area (TPSA) is 71.3 Å². The van der Waals surface area contributed by atoms with Crippen LogP contribution in [0.25, 0.3) is 0 Å². The SMILES string of the molecule is COc1cc(O)c(/C=N/O)c(OC)c1. The largest absolute Gasteiger partial charge is 0.507 e. The average Bonchev–Trinajstić information content (AvgIpc) is 2.20. The van der Waals surface area contributed by atoms with Gasteiger partial charge in [0.1, 0.15) is 17.2 Å². The van der Waals surface area contributed by atoms with E-state index in [-0.39, 0.29) is 5.75 Å². The van der Waals surface area contributed by atoms with E-state index in [9.17, 15) is 5.11 Å². The van der Waals surface area contributed by atoms with Crippen LogP contribution in [0, 0.1) is 0 Å². The standard InChI is InChI=1S/C9H11NO4/c1-13-6-3-8(11)7(5-10-12)9(4-6)14-2/h3-5,11-12H,1-2H3/b10-5+. The third kappa shape index (κ3) is 1.87. The highest BCUT2D eigenvalue weighted by Gasteiger charge is 2.09. The molecule has 0 atom stereocenters. The summed E-state index contributed by atoms with van der Waals surface area (Å²) in [5, 5.41) is 20.7. The summed E-state index contributed by atoms with van der Waals surface area (Å²) in [4.78, 5) is 0. The Labute approximate surface area is 81.2 Å². The molecule has 1 rings (SSSR count). The Hall–Kier alpha value is -1.91. The van der Waals surface area contributed by atoms with Crippen LogP contribution in [0.3, 0.4) is 0 Å². The number of benzene rings is 1. The molecule has 14 heavy (non-hydrogen) atoms. The number of methoxy groups -OCH3 is 2. The third-order valence-corrected chi connectivity index (χ3v) is 1.74. The molecule has 0 heterocycles. The van der Waals surface area contributed by atoms with Crippen LogP contribution in [0.2, 0.25) is 0 Å². The molecule has 0 spiro atoms. The summed E-state index contributed by atoms with van der Waals surface area (Å²) in [7, 11) is 2.93. The molecule has 0 saturated heterocycles. The van der Waals surface area contributed by atoms with E-state index >= 15 is 0 Å². The quantitative estimate of drug-likeness (QED) is 0.434. The first-order valence-electron chi connectivity index (χ1n) is 3.85. The van der Waals surface area contributed by atoms with Gasteiger partial charge >= 0.3 is 0 Å². The molecule has 0 aromatic heterocycles. The highest BCUT2D eigenvalue weighted by molar-refractivity contribution is 5.87. The maximum absolute atomic E-state index is 9.50. The fourth-order valence-electron chi connectivity index (χ4n) is 1.06. The van der Waals surface area contributed by atoms with E-state index in [1.165, 1.54) is 20.3 Å². The van der Waals surface area contributed by atoms with Crippen molar-refractivity contribution >= 4 is 6.21 Å². The number of rotatable bonds is 3. The van der Waals surface area contributed by atoms with Crippen molar-refractivity contribution in [3.8, 4) is 17.2 Å². The molecule has 5 nitrogen and oxygen atoms in total. The number of hydrogen-bond donors (Lipinski definition) is 2. The number of phenolic OH excluding ortho intramolecular Hbond substituents is 1. The first kappa shape index (κ1) is 10.2. The van der Waals surface area contributed by atoms with Gasteiger partial charge in [-0.15, -0.1) is 0 Å². The molecule has 2 N–H and O–H groups in total. The Morgan fingerprint density at radius 1 is 1.29 bits per heavy atom. The van der Waals surface area contributed by atoms with Gasteiger partial charge in [-0.25, -0.2) is 0 Å². The van der Waals surface area contributed by atoms with Gasteiger partial charge in [0, 0.05) is 12.1 Å². The molecule has 0 amide bonds. The molecule has 0 aliphatic carbocycles. The zero-order valence-corrected chi connectivity index (χ0v) is 7.89. The van der Waals surface area contributed by atoms with Crippen LogP contribution in [0.4, 0.5) is 0 Å². The molecule has 0 aliphatic heterocycles. The van der Waals surface area contributed by atoms with Crippen LogP contribution in [0.15, 0.2) is 17.3 Å². The number of aromatic hydroxyl groups is 1. The lowest BCUT2D eigenvalue weighted by molar-refractivity contribution is 0.321. The molecule has 0 fully saturated rings. The lowest BCUT2D eigenvalue weighted by Crippen LogP contribution is -1.93. The highest BCUT2D eigenvalue weighted by atomic mass is 16.5. The first-order chi connectivity index (χ1) is 6.72. The molecule has 0 aliphatic rings. The Bertz CT molecular complexity index is 349. The summed E-state index contributed by atoms with van der Waals surface area (Å²) in [6.45, 7) is 0. The Balaban J connectivity index is 3.27. The van der Waals surface area contributed by atoms with Crippen LogP contribution in [-0.4, -0.2) is 30.7 Å². The van der Waals surface area contributed by atoms with Gasteiger partial charge in [0.25, 0.3) is 0 Å². The monoisotopic (exact) mass is 197 g/mol. The second-order valence-corrected chi connectivity index (χ2v) is 2.51. The molecule has 0 unspecified atom stereocenters. The minimum atomic E-state index is -0.0704. The van der Waals surface area contributed by atoms with Crippen LogP contribution in [0.1, 0.15) is 5.56 Å². The minimum absolute atomic E-state index is 0.0704. The predicted molar refractivity (Wildman–Crippen MR) is 50.6 cm³/mol. The number of hydrogen-bond acceptors (Lipinski definition) is 5. The zero-order valence-electron chi connectivity index (χ0n) is 7.89. The lowest BCUT2D eigenvalue weighted by atomic mass is 10.2.